The second-order valence-electron chi connectivity index (χ2n) is 5.15. The topological polar surface area (TPSA) is 21.3 Å². The highest BCUT2D eigenvalue weighted by Crippen LogP contribution is 2.23. The SMILES string of the molecule is CCC(Nc1cccc(COC)c1)c1ccc(C)cc1. The molecule has 0 heterocycles. The number of ether oxygens (including phenoxy) is 1. The molecule has 2 aromatic carbocycles. The molecule has 0 aliphatic heterocycles. The molecular weight excluding hydrogens is 246 g/mol. The summed E-state index contributed by atoms with van der Waals surface area (Å²) < 4.78 is 5.18. The van der Waals surface area contributed by atoms with Crippen LogP contribution in [0.2, 0.25) is 0 Å². The predicted molar refractivity (Wildman–Crippen MR) is 85.0 cm³/mol. The van der Waals surface area contributed by atoms with Gasteiger partial charge in [-0.15, -0.1) is 0 Å². The van der Waals surface area contributed by atoms with Gasteiger partial charge in [-0.25, -0.2) is 0 Å². The molecule has 2 nitrogen and oxygen atoms in total. The Kier molecular flexibility index (Phi) is 5.19. The number of aryl methyl sites for hydroxylation is 1. The van der Waals surface area contributed by atoms with Crippen LogP contribution in [0.1, 0.15) is 36.1 Å². The summed E-state index contributed by atoms with van der Waals surface area (Å²) in [6.07, 6.45) is 1.05. The molecule has 20 heavy (non-hydrogen) atoms. The highest BCUT2D eigenvalue weighted by molar-refractivity contribution is 5.47. The normalized spacial score (nSPS) is 12.2. The van der Waals surface area contributed by atoms with Crippen molar-refractivity contribution in [3.8, 4) is 0 Å². The molecule has 0 aliphatic rings. The van der Waals surface area contributed by atoms with Crippen molar-refractivity contribution < 1.29 is 4.74 Å². The van der Waals surface area contributed by atoms with Crippen LogP contribution in [0.4, 0.5) is 5.69 Å². The Bertz CT molecular complexity index is 533. The average molecular weight is 269 g/mol. The summed E-state index contributed by atoms with van der Waals surface area (Å²) in [5.41, 5.74) is 4.96. The van der Waals surface area contributed by atoms with E-state index in [1.54, 1.807) is 7.11 Å². The third kappa shape index (κ3) is 3.84. The maximum atomic E-state index is 5.18. The molecule has 2 heteroatoms. The van der Waals surface area contributed by atoms with Gasteiger partial charge in [0.15, 0.2) is 0 Å². The number of benzene rings is 2. The third-order valence-electron chi connectivity index (χ3n) is 3.47. The first kappa shape index (κ1) is 14.6. The molecule has 2 rings (SSSR count). The summed E-state index contributed by atoms with van der Waals surface area (Å²) in [6.45, 7) is 4.97. The van der Waals surface area contributed by atoms with Gasteiger partial charge < -0.3 is 10.1 Å². The van der Waals surface area contributed by atoms with Gasteiger partial charge in [0.05, 0.1) is 12.6 Å². The zero-order valence-corrected chi connectivity index (χ0v) is 12.5. The second kappa shape index (κ2) is 7.11. The van der Waals surface area contributed by atoms with E-state index in [1.807, 2.05) is 0 Å². The lowest BCUT2D eigenvalue weighted by atomic mass is 10.0. The Balaban J connectivity index is 2.13. The molecule has 2 aromatic rings. The maximum absolute atomic E-state index is 5.18. The van der Waals surface area contributed by atoms with Crippen LogP contribution in [0.5, 0.6) is 0 Å². The van der Waals surface area contributed by atoms with E-state index < -0.39 is 0 Å². The fourth-order valence-corrected chi connectivity index (χ4v) is 2.34. The lowest BCUT2D eigenvalue weighted by Gasteiger charge is -2.19. The molecule has 0 fully saturated rings. The molecular formula is C18H23NO. The minimum absolute atomic E-state index is 0.341. The fraction of sp³-hybridized carbons (Fsp3) is 0.333. The quantitative estimate of drug-likeness (QED) is 0.820. The number of anilines is 1. The Morgan fingerprint density at radius 2 is 1.85 bits per heavy atom. The molecule has 0 aliphatic carbocycles. The molecule has 0 amide bonds. The van der Waals surface area contributed by atoms with E-state index >= 15 is 0 Å². The molecule has 0 spiro atoms. The molecule has 1 unspecified atom stereocenters. The lowest BCUT2D eigenvalue weighted by Crippen LogP contribution is -2.09. The van der Waals surface area contributed by atoms with Crippen LogP contribution in [0.25, 0.3) is 0 Å². The van der Waals surface area contributed by atoms with E-state index in [0.717, 1.165) is 12.1 Å². The summed E-state index contributed by atoms with van der Waals surface area (Å²) in [7, 11) is 1.72. The molecule has 0 aromatic heterocycles. The van der Waals surface area contributed by atoms with Gasteiger partial charge in [-0.1, -0.05) is 48.9 Å². The van der Waals surface area contributed by atoms with Crippen molar-refractivity contribution in [2.24, 2.45) is 0 Å². The monoisotopic (exact) mass is 269 g/mol. The number of hydrogen-bond donors (Lipinski definition) is 1. The Hall–Kier alpha value is -1.80. The summed E-state index contributed by atoms with van der Waals surface area (Å²) in [4.78, 5) is 0. The molecule has 1 N–H and O–H groups in total. The highest BCUT2D eigenvalue weighted by atomic mass is 16.5. The number of nitrogens with one attached hydrogen (secondary N) is 1. The Morgan fingerprint density at radius 3 is 2.50 bits per heavy atom. The fourth-order valence-electron chi connectivity index (χ4n) is 2.34. The minimum atomic E-state index is 0.341. The van der Waals surface area contributed by atoms with Crippen molar-refractivity contribution in [1.82, 2.24) is 0 Å². The van der Waals surface area contributed by atoms with Crippen LogP contribution in [-0.2, 0) is 11.3 Å². The van der Waals surface area contributed by atoms with E-state index in [0.29, 0.717) is 12.6 Å². The summed E-state index contributed by atoms with van der Waals surface area (Å²) in [5, 5.41) is 3.61. The lowest BCUT2D eigenvalue weighted by molar-refractivity contribution is 0.185. The summed E-state index contributed by atoms with van der Waals surface area (Å²) >= 11 is 0. The smallest absolute Gasteiger partial charge is 0.0713 e. The molecule has 0 saturated carbocycles. The van der Waals surface area contributed by atoms with Crippen LogP contribution in [0, 0.1) is 6.92 Å². The molecule has 0 bridgehead atoms. The molecule has 0 radical (unpaired) electrons. The van der Waals surface area contributed by atoms with Crippen LogP contribution in [0.15, 0.2) is 48.5 Å². The number of rotatable bonds is 6. The standard InChI is InChI=1S/C18H23NO/c1-4-18(16-10-8-14(2)9-11-16)19-17-7-5-6-15(12-17)13-20-3/h5-12,18-19H,4,13H2,1-3H3. The van der Waals surface area contributed by atoms with Gasteiger partial charge in [0, 0.05) is 12.8 Å². The predicted octanol–water partition coefficient (Wildman–Crippen LogP) is 4.70. The summed E-state index contributed by atoms with van der Waals surface area (Å²) in [6, 6.07) is 17.5. The van der Waals surface area contributed by atoms with Crippen molar-refractivity contribution in [3.63, 3.8) is 0 Å². The van der Waals surface area contributed by atoms with Crippen molar-refractivity contribution in [3.05, 3.63) is 65.2 Å². The Labute approximate surface area is 121 Å². The van der Waals surface area contributed by atoms with Gasteiger partial charge in [0.1, 0.15) is 0 Å². The first-order valence-corrected chi connectivity index (χ1v) is 7.14. The van der Waals surface area contributed by atoms with Gasteiger partial charge in [-0.3, -0.25) is 0 Å². The van der Waals surface area contributed by atoms with Gasteiger partial charge in [0.25, 0.3) is 0 Å². The molecule has 0 saturated heterocycles. The van der Waals surface area contributed by atoms with E-state index in [9.17, 15) is 0 Å². The van der Waals surface area contributed by atoms with Crippen LogP contribution in [-0.4, -0.2) is 7.11 Å². The van der Waals surface area contributed by atoms with E-state index in [-0.39, 0.29) is 0 Å². The van der Waals surface area contributed by atoms with E-state index in [4.69, 9.17) is 4.74 Å². The van der Waals surface area contributed by atoms with Crippen molar-refractivity contribution >= 4 is 5.69 Å². The first-order valence-electron chi connectivity index (χ1n) is 7.14. The minimum Gasteiger partial charge on any atom is -0.380 e. The van der Waals surface area contributed by atoms with Gasteiger partial charge >= 0.3 is 0 Å². The largest absolute Gasteiger partial charge is 0.380 e. The first-order chi connectivity index (χ1) is 9.72. The average Bonchev–Trinajstić information content (AvgIpc) is 2.47. The third-order valence-corrected chi connectivity index (χ3v) is 3.47. The number of methoxy groups -OCH3 is 1. The van der Waals surface area contributed by atoms with Gasteiger partial charge in [-0.2, -0.15) is 0 Å². The molecule has 1 atom stereocenters. The van der Waals surface area contributed by atoms with Crippen LogP contribution in [0.3, 0.4) is 0 Å². The van der Waals surface area contributed by atoms with Gasteiger partial charge in [-0.05, 0) is 36.6 Å². The van der Waals surface area contributed by atoms with Crippen molar-refractivity contribution in [1.29, 1.82) is 0 Å². The van der Waals surface area contributed by atoms with Crippen LogP contribution >= 0.6 is 0 Å². The van der Waals surface area contributed by atoms with Crippen molar-refractivity contribution in [2.75, 3.05) is 12.4 Å². The second-order valence-corrected chi connectivity index (χ2v) is 5.15. The highest BCUT2D eigenvalue weighted by Gasteiger charge is 2.09. The van der Waals surface area contributed by atoms with E-state index in [1.165, 1.54) is 16.7 Å². The van der Waals surface area contributed by atoms with Crippen LogP contribution < -0.4 is 5.32 Å². The Morgan fingerprint density at radius 1 is 1.10 bits per heavy atom. The van der Waals surface area contributed by atoms with E-state index in [2.05, 4.69) is 67.7 Å². The molecule has 106 valence electrons. The van der Waals surface area contributed by atoms with Crippen molar-refractivity contribution in [2.45, 2.75) is 32.9 Å². The zero-order valence-electron chi connectivity index (χ0n) is 12.5. The maximum Gasteiger partial charge on any atom is 0.0713 e. The number of hydrogen-bond acceptors (Lipinski definition) is 2. The zero-order chi connectivity index (χ0) is 14.4. The van der Waals surface area contributed by atoms with Gasteiger partial charge in [0.2, 0.25) is 0 Å². The summed E-state index contributed by atoms with van der Waals surface area (Å²) in [5.74, 6) is 0.